The third-order valence-corrected chi connectivity index (χ3v) is 2.66. The van der Waals surface area contributed by atoms with Crippen molar-refractivity contribution in [3.63, 3.8) is 0 Å². The zero-order valence-corrected chi connectivity index (χ0v) is 10.9. The first-order chi connectivity index (χ1) is 8.06. The first-order valence-electron chi connectivity index (χ1n) is 5.95. The van der Waals surface area contributed by atoms with Gasteiger partial charge in [-0.1, -0.05) is 13.8 Å². The third-order valence-electron chi connectivity index (χ3n) is 2.66. The Kier molecular flexibility index (Phi) is 4.94. The molecular formula is C13H20N2O2. The maximum Gasteiger partial charge on any atom is 0.256 e. The average Bonchev–Trinajstić information content (AvgIpc) is 2.29. The summed E-state index contributed by atoms with van der Waals surface area (Å²) < 4.78 is 5.33. The molecule has 0 aromatic carbocycles. The lowest BCUT2D eigenvalue weighted by Crippen LogP contribution is -2.36. The summed E-state index contributed by atoms with van der Waals surface area (Å²) in [5.41, 5.74) is 0.488. The van der Waals surface area contributed by atoms with E-state index in [2.05, 4.69) is 24.1 Å². The van der Waals surface area contributed by atoms with Crippen molar-refractivity contribution in [2.45, 2.75) is 33.7 Å². The first kappa shape index (κ1) is 13.5. The first-order valence-corrected chi connectivity index (χ1v) is 5.95. The van der Waals surface area contributed by atoms with Crippen molar-refractivity contribution in [1.82, 2.24) is 10.3 Å². The maximum absolute atomic E-state index is 12.0. The molecule has 1 aromatic rings. The van der Waals surface area contributed by atoms with Crippen LogP contribution < -0.4 is 10.1 Å². The van der Waals surface area contributed by atoms with Gasteiger partial charge in [0.15, 0.2) is 0 Å². The number of amides is 1. The van der Waals surface area contributed by atoms with Gasteiger partial charge in [0.25, 0.3) is 5.91 Å². The minimum Gasteiger partial charge on any atom is -0.477 e. The van der Waals surface area contributed by atoms with Gasteiger partial charge in [0.2, 0.25) is 5.88 Å². The smallest absolute Gasteiger partial charge is 0.256 e. The molecule has 1 aromatic heterocycles. The third kappa shape index (κ3) is 3.73. The van der Waals surface area contributed by atoms with E-state index in [-0.39, 0.29) is 11.9 Å². The number of pyridine rings is 1. The van der Waals surface area contributed by atoms with Crippen LogP contribution in [0.3, 0.4) is 0 Å². The number of nitrogens with zero attached hydrogens (tertiary/aromatic N) is 1. The molecule has 1 unspecified atom stereocenters. The van der Waals surface area contributed by atoms with E-state index in [1.165, 1.54) is 0 Å². The summed E-state index contributed by atoms with van der Waals surface area (Å²) in [5, 5.41) is 2.94. The van der Waals surface area contributed by atoms with E-state index >= 15 is 0 Å². The monoisotopic (exact) mass is 236 g/mol. The molecule has 0 aliphatic rings. The Morgan fingerprint density at radius 2 is 2.18 bits per heavy atom. The molecule has 1 amide bonds. The molecule has 4 nitrogen and oxygen atoms in total. The number of hydrogen-bond acceptors (Lipinski definition) is 3. The van der Waals surface area contributed by atoms with Crippen LogP contribution in [0.1, 0.15) is 38.1 Å². The van der Waals surface area contributed by atoms with Crippen molar-refractivity contribution in [2.24, 2.45) is 5.92 Å². The van der Waals surface area contributed by atoms with Crippen molar-refractivity contribution in [2.75, 3.05) is 6.61 Å². The van der Waals surface area contributed by atoms with E-state index in [0.29, 0.717) is 24.0 Å². The SMILES string of the molecule is CCOc1ncccc1C(=O)NC(C)C(C)C. The van der Waals surface area contributed by atoms with Crippen LogP contribution in [0, 0.1) is 5.92 Å². The number of ether oxygens (including phenoxy) is 1. The molecule has 17 heavy (non-hydrogen) atoms. The Morgan fingerprint density at radius 3 is 2.76 bits per heavy atom. The summed E-state index contributed by atoms with van der Waals surface area (Å²) in [7, 11) is 0. The zero-order valence-electron chi connectivity index (χ0n) is 10.9. The second-order valence-electron chi connectivity index (χ2n) is 4.30. The van der Waals surface area contributed by atoms with Crippen LogP contribution >= 0.6 is 0 Å². The van der Waals surface area contributed by atoms with Crippen molar-refractivity contribution in [3.05, 3.63) is 23.9 Å². The molecule has 0 spiro atoms. The van der Waals surface area contributed by atoms with Gasteiger partial charge in [-0.05, 0) is 31.9 Å². The van der Waals surface area contributed by atoms with Crippen molar-refractivity contribution in [3.8, 4) is 5.88 Å². The maximum atomic E-state index is 12.0. The molecule has 4 heteroatoms. The summed E-state index contributed by atoms with van der Waals surface area (Å²) in [6.07, 6.45) is 1.62. The number of carbonyl (C=O) groups excluding carboxylic acids is 1. The van der Waals surface area contributed by atoms with Crippen LogP contribution in [0.15, 0.2) is 18.3 Å². The molecule has 0 aliphatic carbocycles. The summed E-state index contributed by atoms with van der Waals surface area (Å²) in [6, 6.07) is 3.58. The molecule has 94 valence electrons. The van der Waals surface area contributed by atoms with Gasteiger partial charge in [-0.2, -0.15) is 0 Å². The van der Waals surface area contributed by atoms with Gasteiger partial charge in [-0.15, -0.1) is 0 Å². The lowest BCUT2D eigenvalue weighted by Gasteiger charge is -2.18. The quantitative estimate of drug-likeness (QED) is 0.853. The van der Waals surface area contributed by atoms with Gasteiger partial charge in [-0.3, -0.25) is 4.79 Å². The summed E-state index contributed by atoms with van der Waals surface area (Å²) in [5.74, 6) is 0.650. The molecule has 0 aliphatic heterocycles. The van der Waals surface area contributed by atoms with Gasteiger partial charge in [-0.25, -0.2) is 4.98 Å². The molecule has 0 saturated heterocycles. The number of carbonyl (C=O) groups is 1. The highest BCUT2D eigenvalue weighted by Crippen LogP contribution is 2.14. The second-order valence-corrected chi connectivity index (χ2v) is 4.30. The Morgan fingerprint density at radius 1 is 1.47 bits per heavy atom. The fraction of sp³-hybridized carbons (Fsp3) is 0.538. The molecule has 1 N–H and O–H groups in total. The van der Waals surface area contributed by atoms with Gasteiger partial charge in [0.1, 0.15) is 5.56 Å². The highest BCUT2D eigenvalue weighted by molar-refractivity contribution is 5.96. The average molecular weight is 236 g/mol. The van der Waals surface area contributed by atoms with Crippen LogP contribution in [0.5, 0.6) is 5.88 Å². The highest BCUT2D eigenvalue weighted by Gasteiger charge is 2.16. The molecule has 0 bridgehead atoms. The van der Waals surface area contributed by atoms with Crippen LogP contribution in [0.25, 0.3) is 0 Å². The van der Waals surface area contributed by atoms with E-state index in [0.717, 1.165) is 0 Å². The largest absolute Gasteiger partial charge is 0.477 e. The Labute approximate surface area is 102 Å². The number of hydrogen-bond donors (Lipinski definition) is 1. The van der Waals surface area contributed by atoms with E-state index < -0.39 is 0 Å². The Balaban J connectivity index is 2.81. The lowest BCUT2D eigenvalue weighted by atomic mass is 10.1. The molecule has 0 radical (unpaired) electrons. The summed E-state index contributed by atoms with van der Waals surface area (Å²) in [6.45, 7) is 8.48. The topological polar surface area (TPSA) is 51.2 Å². The van der Waals surface area contributed by atoms with Gasteiger partial charge < -0.3 is 10.1 Å². The molecule has 0 fully saturated rings. The molecule has 0 saturated carbocycles. The highest BCUT2D eigenvalue weighted by atomic mass is 16.5. The molecule has 1 atom stereocenters. The summed E-state index contributed by atoms with van der Waals surface area (Å²) in [4.78, 5) is 16.1. The predicted molar refractivity (Wildman–Crippen MR) is 67.2 cm³/mol. The Bertz CT molecular complexity index is 377. The van der Waals surface area contributed by atoms with Crippen LogP contribution in [-0.2, 0) is 0 Å². The summed E-state index contributed by atoms with van der Waals surface area (Å²) >= 11 is 0. The number of rotatable bonds is 5. The van der Waals surface area contributed by atoms with Gasteiger partial charge in [0.05, 0.1) is 6.61 Å². The van der Waals surface area contributed by atoms with Gasteiger partial charge >= 0.3 is 0 Å². The zero-order chi connectivity index (χ0) is 12.8. The molecule has 1 heterocycles. The molecule has 1 rings (SSSR count). The van der Waals surface area contributed by atoms with E-state index in [1.54, 1.807) is 18.3 Å². The standard InChI is InChI=1S/C13H20N2O2/c1-5-17-13-11(7-6-8-14-13)12(16)15-10(4)9(2)3/h6-10H,5H2,1-4H3,(H,15,16). The Hall–Kier alpha value is -1.58. The van der Waals surface area contributed by atoms with Crippen molar-refractivity contribution < 1.29 is 9.53 Å². The van der Waals surface area contributed by atoms with Crippen LogP contribution in [0.2, 0.25) is 0 Å². The number of aromatic nitrogens is 1. The fourth-order valence-electron chi connectivity index (χ4n) is 1.27. The normalized spacial score (nSPS) is 12.3. The second kappa shape index (κ2) is 6.23. The van der Waals surface area contributed by atoms with Gasteiger partial charge in [0, 0.05) is 12.2 Å². The lowest BCUT2D eigenvalue weighted by molar-refractivity contribution is 0.0926. The van der Waals surface area contributed by atoms with E-state index in [1.807, 2.05) is 13.8 Å². The van der Waals surface area contributed by atoms with E-state index in [9.17, 15) is 4.79 Å². The minimum atomic E-state index is -0.136. The minimum absolute atomic E-state index is 0.122. The van der Waals surface area contributed by atoms with Crippen LogP contribution in [0.4, 0.5) is 0 Å². The van der Waals surface area contributed by atoms with Crippen LogP contribution in [-0.4, -0.2) is 23.5 Å². The predicted octanol–water partition coefficient (Wildman–Crippen LogP) is 2.25. The van der Waals surface area contributed by atoms with Crippen molar-refractivity contribution in [1.29, 1.82) is 0 Å². The fourth-order valence-corrected chi connectivity index (χ4v) is 1.27. The van der Waals surface area contributed by atoms with E-state index in [4.69, 9.17) is 4.74 Å². The number of nitrogens with one attached hydrogen (secondary N) is 1. The molecular weight excluding hydrogens is 216 g/mol. The van der Waals surface area contributed by atoms with Crippen molar-refractivity contribution >= 4 is 5.91 Å².